The first-order valence-corrected chi connectivity index (χ1v) is 5.56. The Morgan fingerprint density at radius 3 is 2.67 bits per heavy atom. The topological polar surface area (TPSA) is 44.1 Å². The van der Waals surface area contributed by atoms with Crippen LogP contribution in [-0.4, -0.2) is 23.4 Å². The molecule has 0 heterocycles. The number of hydrogen-bond acceptors (Lipinski definition) is 2. The number of carbonyl (C=O) groups is 1. The number of benzene rings is 1. The van der Waals surface area contributed by atoms with Gasteiger partial charge in [0.05, 0.1) is 12.5 Å². The molecule has 0 N–H and O–H groups in total. The van der Waals surface area contributed by atoms with Crippen LogP contribution in [0.25, 0.3) is 0 Å². The predicted octanol–water partition coefficient (Wildman–Crippen LogP) is 2.27. The van der Waals surface area contributed by atoms with Crippen LogP contribution in [0, 0.1) is 23.0 Å². The Kier molecular flexibility index (Phi) is 4.78. The van der Waals surface area contributed by atoms with Crippen LogP contribution in [0.3, 0.4) is 0 Å². The van der Waals surface area contributed by atoms with Gasteiger partial charge >= 0.3 is 0 Å². The lowest BCUT2D eigenvalue weighted by Gasteiger charge is -2.23. The Morgan fingerprint density at radius 1 is 1.44 bits per heavy atom. The molecule has 1 rings (SSSR count). The molecule has 0 unspecified atom stereocenters. The second-order valence-electron chi connectivity index (χ2n) is 4.16. The number of halogens is 2. The summed E-state index contributed by atoms with van der Waals surface area (Å²) in [5.74, 6) is -2.38. The van der Waals surface area contributed by atoms with Crippen molar-refractivity contribution < 1.29 is 13.6 Å². The highest BCUT2D eigenvalue weighted by Gasteiger charge is 2.19. The molecule has 18 heavy (non-hydrogen) atoms. The summed E-state index contributed by atoms with van der Waals surface area (Å²) >= 11 is 0. The van der Waals surface area contributed by atoms with Crippen LogP contribution < -0.4 is 0 Å². The number of carbonyl (C=O) groups excluding carboxylic acids is 1. The third-order valence-corrected chi connectivity index (χ3v) is 2.56. The highest BCUT2D eigenvalue weighted by Crippen LogP contribution is 2.13. The summed E-state index contributed by atoms with van der Waals surface area (Å²) in [5.41, 5.74) is 0.00332. The van der Waals surface area contributed by atoms with Crippen LogP contribution in [0.1, 0.15) is 19.4 Å². The van der Waals surface area contributed by atoms with Gasteiger partial charge in [-0.05, 0) is 19.9 Å². The van der Waals surface area contributed by atoms with E-state index in [2.05, 4.69) is 0 Å². The molecule has 0 bridgehead atoms. The third kappa shape index (κ3) is 3.27. The first-order chi connectivity index (χ1) is 8.47. The van der Waals surface area contributed by atoms with E-state index in [0.29, 0.717) is 0 Å². The molecule has 0 aliphatic carbocycles. The zero-order valence-corrected chi connectivity index (χ0v) is 10.3. The SMILES string of the molecule is CC(C)N(CC#N)C(=O)Cc1cccc(F)c1F. The lowest BCUT2D eigenvalue weighted by molar-refractivity contribution is -0.131. The van der Waals surface area contributed by atoms with Gasteiger partial charge in [-0.3, -0.25) is 4.79 Å². The molecular formula is C13H14F2N2O. The first-order valence-electron chi connectivity index (χ1n) is 5.56. The van der Waals surface area contributed by atoms with Crippen molar-refractivity contribution in [2.75, 3.05) is 6.54 Å². The zero-order chi connectivity index (χ0) is 13.7. The maximum Gasteiger partial charge on any atom is 0.228 e. The molecule has 0 aliphatic rings. The summed E-state index contributed by atoms with van der Waals surface area (Å²) < 4.78 is 26.4. The second kappa shape index (κ2) is 6.10. The van der Waals surface area contributed by atoms with Crippen LogP contribution in [0.2, 0.25) is 0 Å². The van der Waals surface area contributed by atoms with E-state index < -0.39 is 17.5 Å². The smallest absolute Gasteiger partial charge is 0.228 e. The van der Waals surface area contributed by atoms with Crippen molar-refractivity contribution in [2.24, 2.45) is 0 Å². The van der Waals surface area contributed by atoms with Gasteiger partial charge in [0.2, 0.25) is 5.91 Å². The summed E-state index contributed by atoms with van der Waals surface area (Å²) in [6, 6.07) is 5.43. The molecule has 1 aromatic rings. The minimum atomic E-state index is -1.01. The summed E-state index contributed by atoms with van der Waals surface area (Å²) in [6.07, 6.45) is -0.247. The Balaban J connectivity index is 2.87. The summed E-state index contributed by atoms with van der Waals surface area (Å²) in [6.45, 7) is 3.46. The maximum atomic E-state index is 13.4. The van der Waals surface area contributed by atoms with E-state index in [1.54, 1.807) is 13.8 Å². The second-order valence-corrected chi connectivity index (χ2v) is 4.16. The number of rotatable bonds is 4. The van der Waals surface area contributed by atoms with E-state index in [9.17, 15) is 13.6 Å². The fourth-order valence-corrected chi connectivity index (χ4v) is 1.58. The van der Waals surface area contributed by atoms with E-state index >= 15 is 0 Å². The molecule has 0 aromatic heterocycles. The molecule has 0 fully saturated rings. The first kappa shape index (κ1) is 14.1. The van der Waals surface area contributed by atoms with Crippen molar-refractivity contribution in [2.45, 2.75) is 26.3 Å². The monoisotopic (exact) mass is 252 g/mol. The summed E-state index contributed by atoms with van der Waals surface area (Å²) in [4.78, 5) is 13.2. The van der Waals surface area contributed by atoms with Crippen LogP contribution in [0.4, 0.5) is 8.78 Å². The minimum absolute atomic E-state index is 0.00332. The molecule has 0 radical (unpaired) electrons. The van der Waals surface area contributed by atoms with Gasteiger partial charge in [-0.15, -0.1) is 0 Å². The highest BCUT2D eigenvalue weighted by molar-refractivity contribution is 5.79. The molecule has 0 saturated carbocycles. The van der Waals surface area contributed by atoms with Crippen molar-refractivity contribution in [3.05, 3.63) is 35.4 Å². The van der Waals surface area contributed by atoms with Gasteiger partial charge in [0.25, 0.3) is 0 Å². The van der Waals surface area contributed by atoms with Crippen LogP contribution in [0.15, 0.2) is 18.2 Å². The fourth-order valence-electron chi connectivity index (χ4n) is 1.58. The van der Waals surface area contributed by atoms with Crippen LogP contribution >= 0.6 is 0 Å². The Hall–Kier alpha value is -1.96. The number of nitriles is 1. The van der Waals surface area contributed by atoms with E-state index in [4.69, 9.17) is 5.26 Å². The zero-order valence-electron chi connectivity index (χ0n) is 10.3. The normalized spacial score (nSPS) is 10.2. The molecule has 1 aromatic carbocycles. The van der Waals surface area contributed by atoms with Crippen LogP contribution in [-0.2, 0) is 11.2 Å². The molecule has 96 valence electrons. The minimum Gasteiger partial charge on any atom is -0.327 e. The molecule has 0 aliphatic heterocycles. The van der Waals surface area contributed by atoms with Crippen molar-refractivity contribution >= 4 is 5.91 Å². The molecule has 0 saturated heterocycles. The van der Waals surface area contributed by atoms with Gasteiger partial charge in [0, 0.05) is 11.6 Å². The molecule has 0 atom stereocenters. The molecule has 3 nitrogen and oxygen atoms in total. The standard InChI is InChI=1S/C13H14F2N2O/c1-9(2)17(7-6-16)12(18)8-10-4-3-5-11(14)13(10)15/h3-5,9H,7-8H2,1-2H3. The van der Waals surface area contributed by atoms with Gasteiger partial charge < -0.3 is 4.90 Å². The predicted molar refractivity (Wildman–Crippen MR) is 62.5 cm³/mol. The molecule has 0 spiro atoms. The summed E-state index contributed by atoms with van der Waals surface area (Å²) in [7, 11) is 0. The number of hydrogen-bond donors (Lipinski definition) is 0. The Bertz CT molecular complexity index is 480. The van der Waals surface area contributed by atoms with Crippen molar-refractivity contribution in [3.63, 3.8) is 0 Å². The lowest BCUT2D eigenvalue weighted by atomic mass is 10.1. The van der Waals surface area contributed by atoms with E-state index in [0.717, 1.165) is 6.07 Å². The number of amides is 1. The van der Waals surface area contributed by atoms with Crippen molar-refractivity contribution in [3.8, 4) is 6.07 Å². The molecular weight excluding hydrogens is 238 g/mol. The third-order valence-electron chi connectivity index (χ3n) is 2.56. The van der Waals surface area contributed by atoms with E-state index in [-0.39, 0.29) is 24.6 Å². The van der Waals surface area contributed by atoms with Gasteiger partial charge in [-0.25, -0.2) is 8.78 Å². The Labute approximate surface area is 105 Å². The van der Waals surface area contributed by atoms with Gasteiger partial charge in [0.1, 0.15) is 6.54 Å². The maximum absolute atomic E-state index is 13.4. The average Bonchev–Trinajstić information content (AvgIpc) is 2.31. The van der Waals surface area contributed by atoms with E-state index in [1.807, 2.05) is 6.07 Å². The summed E-state index contributed by atoms with van der Waals surface area (Å²) in [5, 5.41) is 8.62. The molecule has 1 amide bonds. The molecule has 5 heteroatoms. The van der Waals surface area contributed by atoms with Crippen LogP contribution in [0.5, 0.6) is 0 Å². The Morgan fingerprint density at radius 2 is 2.11 bits per heavy atom. The largest absolute Gasteiger partial charge is 0.327 e. The quantitative estimate of drug-likeness (QED) is 0.771. The highest BCUT2D eigenvalue weighted by atomic mass is 19.2. The van der Waals surface area contributed by atoms with Crippen molar-refractivity contribution in [1.82, 2.24) is 4.90 Å². The van der Waals surface area contributed by atoms with Gasteiger partial charge in [-0.1, -0.05) is 12.1 Å². The number of nitrogens with zero attached hydrogens (tertiary/aromatic N) is 2. The van der Waals surface area contributed by atoms with Gasteiger partial charge in [0.15, 0.2) is 11.6 Å². The lowest BCUT2D eigenvalue weighted by Crippen LogP contribution is -2.38. The average molecular weight is 252 g/mol. The van der Waals surface area contributed by atoms with E-state index in [1.165, 1.54) is 17.0 Å². The van der Waals surface area contributed by atoms with Gasteiger partial charge in [-0.2, -0.15) is 5.26 Å². The van der Waals surface area contributed by atoms with Crippen molar-refractivity contribution in [1.29, 1.82) is 5.26 Å². The fraction of sp³-hybridized carbons (Fsp3) is 0.385.